The van der Waals surface area contributed by atoms with E-state index in [9.17, 15) is 29.4 Å². The number of hydrogen-bond donors (Lipinski definition) is 6. The highest BCUT2D eigenvalue weighted by Crippen LogP contribution is 2.39. The highest BCUT2D eigenvalue weighted by Gasteiger charge is 2.41. The number of carboxylic acid groups (broad SMARTS) is 1. The summed E-state index contributed by atoms with van der Waals surface area (Å²) in [5.41, 5.74) is 7.65. The molecule has 10 nitrogen and oxygen atoms in total. The normalized spacial score (nSPS) is 22.8. The van der Waals surface area contributed by atoms with Gasteiger partial charge in [0.2, 0.25) is 17.7 Å². The van der Waals surface area contributed by atoms with E-state index < -0.39 is 52.6 Å². The first kappa shape index (κ1) is 29.3. The van der Waals surface area contributed by atoms with E-state index in [1.807, 2.05) is 6.07 Å². The zero-order valence-electron chi connectivity index (χ0n) is 21.0. The molecule has 204 valence electrons. The fourth-order valence-electron chi connectivity index (χ4n) is 3.85. The second-order valence-electron chi connectivity index (χ2n) is 9.54. The summed E-state index contributed by atoms with van der Waals surface area (Å²) < 4.78 is -0.892. The minimum atomic E-state index is -1.18. The maximum atomic E-state index is 13.6. The monoisotopic (exact) mass is 560 g/mol. The highest BCUT2D eigenvalue weighted by molar-refractivity contribution is 8.77. The van der Waals surface area contributed by atoms with Crippen molar-refractivity contribution in [3.05, 3.63) is 65.7 Å². The zero-order chi connectivity index (χ0) is 27.9. The van der Waals surface area contributed by atoms with Crippen molar-refractivity contribution in [1.82, 2.24) is 16.0 Å². The largest absolute Gasteiger partial charge is 0.508 e. The SMILES string of the molecule is CC1(C)SSC[C@@H](C(=O)O)NC(=O)C(Cc2ccccc2)NC(=O)[C@@H]1NC(=O)[C@@H](N)Cc1ccc(O)cc1. The quantitative estimate of drug-likeness (QED) is 0.272. The Morgan fingerprint density at radius 2 is 1.71 bits per heavy atom. The average Bonchev–Trinajstić information content (AvgIpc) is 2.88. The fourth-order valence-corrected chi connectivity index (χ4v) is 6.65. The third-order valence-corrected chi connectivity index (χ3v) is 9.31. The summed E-state index contributed by atoms with van der Waals surface area (Å²) in [5.74, 6) is -2.80. The summed E-state index contributed by atoms with van der Waals surface area (Å²) in [7, 11) is 2.43. The zero-order valence-corrected chi connectivity index (χ0v) is 22.7. The number of hydrogen-bond acceptors (Lipinski definition) is 8. The molecule has 0 radical (unpaired) electrons. The van der Waals surface area contributed by atoms with Gasteiger partial charge in [-0.3, -0.25) is 14.4 Å². The number of amides is 3. The van der Waals surface area contributed by atoms with Gasteiger partial charge in [-0.1, -0.05) is 64.1 Å². The van der Waals surface area contributed by atoms with Crippen molar-refractivity contribution in [2.75, 3.05) is 5.75 Å². The Balaban J connectivity index is 1.84. The number of nitrogens with one attached hydrogen (secondary N) is 3. The Bertz CT molecular complexity index is 1150. The molecule has 0 aromatic heterocycles. The molecule has 1 saturated heterocycles. The summed E-state index contributed by atoms with van der Waals surface area (Å²) in [6.07, 6.45) is 0.314. The molecule has 1 fully saturated rings. The van der Waals surface area contributed by atoms with Crippen LogP contribution in [0.1, 0.15) is 25.0 Å². The molecule has 12 heteroatoms. The number of aromatic hydroxyl groups is 1. The molecule has 0 spiro atoms. The summed E-state index contributed by atoms with van der Waals surface area (Å²) in [5, 5.41) is 27.1. The van der Waals surface area contributed by atoms with Gasteiger partial charge in [0, 0.05) is 16.9 Å². The second-order valence-corrected chi connectivity index (χ2v) is 12.5. The van der Waals surface area contributed by atoms with Crippen LogP contribution in [0.3, 0.4) is 0 Å². The molecule has 0 saturated carbocycles. The van der Waals surface area contributed by atoms with Gasteiger partial charge in [0.1, 0.15) is 23.9 Å². The van der Waals surface area contributed by atoms with Crippen LogP contribution < -0.4 is 21.7 Å². The number of nitrogens with two attached hydrogens (primary N) is 1. The van der Waals surface area contributed by atoms with Crippen molar-refractivity contribution >= 4 is 45.3 Å². The third-order valence-electron chi connectivity index (χ3n) is 6.01. The second kappa shape index (κ2) is 13.0. The Kier molecular flexibility index (Phi) is 10.1. The van der Waals surface area contributed by atoms with E-state index in [1.54, 1.807) is 50.2 Å². The molecule has 2 aromatic rings. The van der Waals surface area contributed by atoms with E-state index in [4.69, 9.17) is 5.73 Å². The molecule has 0 aliphatic carbocycles. The summed E-state index contributed by atoms with van der Waals surface area (Å²) >= 11 is 0. The van der Waals surface area contributed by atoms with Crippen molar-refractivity contribution in [2.24, 2.45) is 5.73 Å². The number of carbonyl (C=O) groups is 4. The van der Waals surface area contributed by atoms with Gasteiger partial charge in [-0.05, 0) is 43.5 Å². The lowest BCUT2D eigenvalue weighted by Crippen LogP contribution is -2.62. The molecule has 1 aliphatic heterocycles. The van der Waals surface area contributed by atoms with Crippen LogP contribution in [0, 0.1) is 0 Å². The Hall–Kier alpha value is -3.22. The third kappa shape index (κ3) is 8.14. The first-order chi connectivity index (χ1) is 18.0. The molecule has 1 heterocycles. The first-order valence-electron chi connectivity index (χ1n) is 12.0. The molecular weight excluding hydrogens is 528 g/mol. The minimum Gasteiger partial charge on any atom is -0.508 e. The Morgan fingerprint density at radius 3 is 2.34 bits per heavy atom. The van der Waals surface area contributed by atoms with Gasteiger partial charge in [0.05, 0.1) is 6.04 Å². The number of aliphatic carboxylic acids is 1. The van der Waals surface area contributed by atoms with Crippen LogP contribution in [0.2, 0.25) is 0 Å². The summed E-state index contributed by atoms with van der Waals surface area (Å²) in [6, 6.07) is 11.1. The van der Waals surface area contributed by atoms with Gasteiger partial charge in [0.15, 0.2) is 0 Å². The average molecular weight is 561 g/mol. The van der Waals surface area contributed by atoms with E-state index in [2.05, 4.69) is 16.0 Å². The van der Waals surface area contributed by atoms with Crippen LogP contribution in [0.15, 0.2) is 54.6 Å². The Labute approximate surface area is 228 Å². The number of phenolic OH excluding ortho intramolecular Hbond substituents is 1. The van der Waals surface area contributed by atoms with E-state index in [1.165, 1.54) is 33.7 Å². The lowest BCUT2D eigenvalue weighted by atomic mass is 9.99. The first-order valence-corrected chi connectivity index (χ1v) is 14.3. The lowest BCUT2D eigenvalue weighted by molar-refractivity contribution is -0.141. The molecule has 1 unspecified atom stereocenters. The Morgan fingerprint density at radius 1 is 1.05 bits per heavy atom. The van der Waals surface area contributed by atoms with Gasteiger partial charge in [0.25, 0.3) is 0 Å². The predicted molar refractivity (Wildman–Crippen MR) is 147 cm³/mol. The number of rotatable bonds is 7. The summed E-state index contributed by atoms with van der Waals surface area (Å²) in [4.78, 5) is 51.5. The van der Waals surface area contributed by atoms with Crippen LogP contribution in [-0.4, -0.2) is 68.6 Å². The maximum Gasteiger partial charge on any atom is 0.327 e. The number of benzene rings is 2. The molecule has 7 N–H and O–H groups in total. The van der Waals surface area contributed by atoms with E-state index in [0.717, 1.165) is 11.1 Å². The van der Waals surface area contributed by atoms with Crippen LogP contribution in [0.25, 0.3) is 0 Å². The van der Waals surface area contributed by atoms with Crippen LogP contribution in [0.4, 0.5) is 0 Å². The van der Waals surface area contributed by atoms with Gasteiger partial charge in [-0.2, -0.15) is 0 Å². The summed E-state index contributed by atoms with van der Waals surface area (Å²) in [6.45, 7) is 3.52. The molecule has 1 aliphatic rings. The molecule has 3 rings (SSSR count). The van der Waals surface area contributed by atoms with E-state index >= 15 is 0 Å². The maximum absolute atomic E-state index is 13.6. The smallest absolute Gasteiger partial charge is 0.327 e. The highest BCUT2D eigenvalue weighted by atomic mass is 33.1. The van der Waals surface area contributed by atoms with Crippen LogP contribution >= 0.6 is 21.6 Å². The van der Waals surface area contributed by atoms with Gasteiger partial charge in [-0.15, -0.1) is 0 Å². The number of carboxylic acids is 1. The molecule has 0 bridgehead atoms. The van der Waals surface area contributed by atoms with E-state index in [-0.39, 0.29) is 24.3 Å². The van der Waals surface area contributed by atoms with Gasteiger partial charge < -0.3 is 31.9 Å². The van der Waals surface area contributed by atoms with E-state index in [0.29, 0.717) is 0 Å². The molecule has 3 amide bonds. The molecule has 4 atom stereocenters. The van der Waals surface area contributed by atoms with Crippen LogP contribution in [-0.2, 0) is 32.0 Å². The minimum absolute atomic E-state index is 0.0580. The fraction of sp³-hybridized carbons (Fsp3) is 0.385. The lowest BCUT2D eigenvalue weighted by Gasteiger charge is -2.34. The van der Waals surface area contributed by atoms with Gasteiger partial charge in [-0.25, -0.2) is 4.79 Å². The molecular formula is C26H32N4O6S2. The van der Waals surface area contributed by atoms with Crippen molar-refractivity contribution in [2.45, 2.75) is 55.6 Å². The van der Waals surface area contributed by atoms with Crippen molar-refractivity contribution < 1.29 is 29.4 Å². The number of phenols is 1. The number of carbonyl (C=O) groups excluding carboxylic acids is 3. The van der Waals surface area contributed by atoms with Crippen molar-refractivity contribution in [3.63, 3.8) is 0 Å². The molecule has 2 aromatic carbocycles. The topological polar surface area (TPSA) is 171 Å². The standard InChI is InChI=1S/C26H32N4O6S2/c1-26(2)21(30-22(32)18(27)12-16-8-10-17(31)11-9-16)24(34)28-19(13-15-6-4-3-5-7-15)23(33)29-20(25(35)36)14-37-38-26/h3-11,18-21,31H,12-14,27H2,1-2H3,(H,28,34)(H,29,33)(H,30,32)(H,35,36)/t18-,19?,20-,21-/m0/s1. The molecule has 38 heavy (non-hydrogen) atoms. The van der Waals surface area contributed by atoms with Crippen LogP contribution in [0.5, 0.6) is 5.75 Å². The van der Waals surface area contributed by atoms with Crippen molar-refractivity contribution in [3.8, 4) is 5.75 Å². The predicted octanol–water partition coefficient (Wildman–Crippen LogP) is 1.22. The van der Waals surface area contributed by atoms with Gasteiger partial charge >= 0.3 is 5.97 Å². The van der Waals surface area contributed by atoms with Crippen molar-refractivity contribution in [1.29, 1.82) is 0 Å².